The molecule has 0 saturated carbocycles. The van der Waals surface area contributed by atoms with Gasteiger partial charge in [-0.1, -0.05) is 6.07 Å². The highest BCUT2D eigenvalue weighted by atomic mass is 35.5. The molecule has 0 bridgehead atoms. The summed E-state index contributed by atoms with van der Waals surface area (Å²) in [5.41, 5.74) is 0.926. The summed E-state index contributed by atoms with van der Waals surface area (Å²) in [5, 5.41) is 0. The SMILES string of the molecule is Cc1cccc(N2CC(CCl)CC2=O)n1. The Bertz CT molecular complexity index is 381. The zero-order valence-corrected chi connectivity index (χ0v) is 9.37. The van der Waals surface area contributed by atoms with Gasteiger partial charge in [-0.3, -0.25) is 9.69 Å². The van der Waals surface area contributed by atoms with Gasteiger partial charge in [-0.15, -0.1) is 11.6 Å². The third-order valence-corrected chi connectivity index (χ3v) is 3.01. The molecule has 1 aromatic rings. The average Bonchev–Trinajstić information content (AvgIpc) is 2.60. The molecule has 2 rings (SSSR count). The lowest BCUT2D eigenvalue weighted by atomic mass is 10.1. The Labute approximate surface area is 94.1 Å². The Hall–Kier alpha value is -1.09. The second-order valence-electron chi connectivity index (χ2n) is 3.87. The Morgan fingerprint density at radius 3 is 3.00 bits per heavy atom. The van der Waals surface area contributed by atoms with Gasteiger partial charge in [0.05, 0.1) is 0 Å². The van der Waals surface area contributed by atoms with E-state index in [1.165, 1.54) is 0 Å². The van der Waals surface area contributed by atoms with Crippen LogP contribution in [0.25, 0.3) is 0 Å². The van der Waals surface area contributed by atoms with Crippen LogP contribution in [0.2, 0.25) is 0 Å². The predicted octanol–water partition coefficient (Wildman–Crippen LogP) is 1.98. The maximum Gasteiger partial charge on any atom is 0.228 e. The molecule has 15 heavy (non-hydrogen) atoms. The molecular weight excluding hydrogens is 212 g/mol. The number of carbonyl (C=O) groups is 1. The van der Waals surface area contributed by atoms with Crippen LogP contribution in [0.3, 0.4) is 0 Å². The smallest absolute Gasteiger partial charge is 0.228 e. The number of anilines is 1. The normalized spacial score (nSPS) is 21.1. The number of carbonyl (C=O) groups excluding carboxylic acids is 1. The fourth-order valence-corrected chi connectivity index (χ4v) is 1.99. The van der Waals surface area contributed by atoms with E-state index in [1.807, 2.05) is 25.1 Å². The molecule has 3 nitrogen and oxygen atoms in total. The number of aromatic nitrogens is 1. The minimum absolute atomic E-state index is 0.124. The first-order chi connectivity index (χ1) is 7.20. The number of alkyl halides is 1. The summed E-state index contributed by atoms with van der Waals surface area (Å²) in [5.74, 6) is 1.67. The molecule has 1 unspecified atom stereocenters. The Morgan fingerprint density at radius 2 is 2.40 bits per heavy atom. The number of halogens is 1. The highest BCUT2D eigenvalue weighted by molar-refractivity contribution is 6.18. The Morgan fingerprint density at radius 1 is 1.60 bits per heavy atom. The van der Waals surface area contributed by atoms with Crippen molar-refractivity contribution in [1.29, 1.82) is 0 Å². The molecular formula is C11H13ClN2O. The van der Waals surface area contributed by atoms with Crippen molar-refractivity contribution in [2.75, 3.05) is 17.3 Å². The summed E-state index contributed by atoms with van der Waals surface area (Å²) in [6.07, 6.45) is 0.541. The summed E-state index contributed by atoms with van der Waals surface area (Å²) in [6, 6.07) is 5.70. The fourth-order valence-electron chi connectivity index (χ4n) is 1.79. The van der Waals surface area contributed by atoms with E-state index in [4.69, 9.17) is 11.6 Å². The van der Waals surface area contributed by atoms with Crippen LogP contribution >= 0.6 is 11.6 Å². The monoisotopic (exact) mass is 224 g/mol. The van der Waals surface area contributed by atoms with E-state index in [2.05, 4.69) is 4.98 Å². The van der Waals surface area contributed by atoms with Gasteiger partial charge < -0.3 is 0 Å². The second kappa shape index (κ2) is 4.19. The van der Waals surface area contributed by atoms with Gasteiger partial charge in [0.1, 0.15) is 5.82 Å². The van der Waals surface area contributed by atoms with E-state index in [0.29, 0.717) is 18.8 Å². The first-order valence-corrected chi connectivity index (χ1v) is 5.54. The Balaban J connectivity index is 2.21. The lowest BCUT2D eigenvalue weighted by molar-refractivity contribution is -0.117. The molecule has 1 fully saturated rings. The quantitative estimate of drug-likeness (QED) is 0.720. The third kappa shape index (κ3) is 2.12. The summed E-state index contributed by atoms with van der Waals surface area (Å²) < 4.78 is 0. The van der Waals surface area contributed by atoms with Gasteiger partial charge in [-0.2, -0.15) is 0 Å². The number of hydrogen-bond acceptors (Lipinski definition) is 2. The maximum absolute atomic E-state index is 11.7. The third-order valence-electron chi connectivity index (χ3n) is 2.57. The van der Waals surface area contributed by atoms with Crippen molar-refractivity contribution < 1.29 is 4.79 Å². The first-order valence-electron chi connectivity index (χ1n) is 5.00. The van der Waals surface area contributed by atoms with Crippen LogP contribution in [0, 0.1) is 12.8 Å². The molecule has 0 radical (unpaired) electrons. The molecule has 1 aromatic heterocycles. The van der Waals surface area contributed by atoms with E-state index in [0.717, 1.165) is 11.5 Å². The van der Waals surface area contributed by atoms with Crippen LogP contribution < -0.4 is 4.90 Å². The van der Waals surface area contributed by atoms with Crippen molar-refractivity contribution in [1.82, 2.24) is 4.98 Å². The number of nitrogens with zero attached hydrogens (tertiary/aromatic N) is 2. The molecule has 1 atom stereocenters. The largest absolute Gasteiger partial charge is 0.296 e. The predicted molar refractivity (Wildman–Crippen MR) is 60.2 cm³/mol. The van der Waals surface area contributed by atoms with E-state index < -0.39 is 0 Å². The molecule has 1 aliphatic rings. The van der Waals surface area contributed by atoms with Crippen molar-refractivity contribution in [3.8, 4) is 0 Å². The minimum Gasteiger partial charge on any atom is -0.296 e. The van der Waals surface area contributed by atoms with Crippen molar-refractivity contribution in [3.63, 3.8) is 0 Å². The van der Waals surface area contributed by atoms with Gasteiger partial charge in [0, 0.05) is 24.5 Å². The molecule has 1 aliphatic heterocycles. The number of hydrogen-bond donors (Lipinski definition) is 0. The van der Waals surface area contributed by atoms with Gasteiger partial charge in [-0.25, -0.2) is 4.98 Å². The Kier molecular flexibility index (Phi) is 2.91. The van der Waals surface area contributed by atoms with Crippen LogP contribution in [0.15, 0.2) is 18.2 Å². The summed E-state index contributed by atoms with van der Waals surface area (Å²) >= 11 is 5.76. The van der Waals surface area contributed by atoms with Crippen molar-refractivity contribution in [2.24, 2.45) is 5.92 Å². The number of rotatable bonds is 2. The molecule has 80 valence electrons. The van der Waals surface area contributed by atoms with Crippen molar-refractivity contribution >= 4 is 23.3 Å². The van der Waals surface area contributed by atoms with E-state index in [-0.39, 0.29) is 11.8 Å². The van der Waals surface area contributed by atoms with Crippen LogP contribution in [-0.4, -0.2) is 23.3 Å². The van der Waals surface area contributed by atoms with Crippen molar-refractivity contribution in [2.45, 2.75) is 13.3 Å². The molecule has 2 heterocycles. The summed E-state index contributed by atoms with van der Waals surface area (Å²) in [4.78, 5) is 17.7. The second-order valence-corrected chi connectivity index (χ2v) is 4.17. The van der Waals surface area contributed by atoms with Crippen LogP contribution in [0.4, 0.5) is 5.82 Å². The van der Waals surface area contributed by atoms with E-state index in [1.54, 1.807) is 4.90 Å². The standard InChI is InChI=1S/C11H13ClN2O/c1-8-3-2-4-10(13-8)14-7-9(6-12)5-11(14)15/h2-4,9H,5-7H2,1H3. The zero-order chi connectivity index (χ0) is 10.8. The first kappa shape index (κ1) is 10.4. The lowest BCUT2D eigenvalue weighted by Gasteiger charge is -2.15. The highest BCUT2D eigenvalue weighted by Crippen LogP contribution is 2.24. The van der Waals surface area contributed by atoms with E-state index in [9.17, 15) is 4.79 Å². The van der Waals surface area contributed by atoms with Gasteiger partial charge in [-0.05, 0) is 25.0 Å². The minimum atomic E-state index is 0.124. The van der Waals surface area contributed by atoms with Crippen LogP contribution in [0.1, 0.15) is 12.1 Å². The molecule has 0 spiro atoms. The van der Waals surface area contributed by atoms with Gasteiger partial charge in [0.25, 0.3) is 0 Å². The number of aryl methyl sites for hydroxylation is 1. The summed E-state index contributed by atoms with van der Waals surface area (Å²) in [6.45, 7) is 2.61. The lowest BCUT2D eigenvalue weighted by Crippen LogP contribution is -2.25. The van der Waals surface area contributed by atoms with E-state index >= 15 is 0 Å². The molecule has 4 heteroatoms. The molecule has 0 N–H and O–H groups in total. The highest BCUT2D eigenvalue weighted by Gasteiger charge is 2.30. The van der Waals surface area contributed by atoms with Crippen LogP contribution in [-0.2, 0) is 4.79 Å². The topological polar surface area (TPSA) is 33.2 Å². The summed E-state index contributed by atoms with van der Waals surface area (Å²) in [7, 11) is 0. The zero-order valence-electron chi connectivity index (χ0n) is 8.61. The molecule has 0 aliphatic carbocycles. The fraction of sp³-hybridized carbons (Fsp3) is 0.455. The number of pyridine rings is 1. The molecule has 1 saturated heterocycles. The maximum atomic E-state index is 11.7. The van der Waals surface area contributed by atoms with Crippen LogP contribution in [0.5, 0.6) is 0 Å². The average molecular weight is 225 g/mol. The molecule has 1 amide bonds. The molecule has 0 aromatic carbocycles. The van der Waals surface area contributed by atoms with Gasteiger partial charge >= 0.3 is 0 Å². The van der Waals surface area contributed by atoms with Crippen molar-refractivity contribution in [3.05, 3.63) is 23.9 Å². The van der Waals surface area contributed by atoms with Gasteiger partial charge in [0.2, 0.25) is 5.91 Å². The number of amides is 1. The van der Waals surface area contributed by atoms with Gasteiger partial charge in [0.15, 0.2) is 0 Å².